The van der Waals surface area contributed by atoms with Crippen molar-refractivity contribution in [3.8, 4) is 11.8 Å². The van der Waals surface area contributed by atoms with Crippen molar-refractivity contribution in [3.05, 3.63) is 29.6 Å². The third-order valence-electron chi connectivity index (χ3n) is 3.08. The van der Waals surface area contributed by atoms with E-state index in [4.69, 9.17) is 10.00 Å². The van der Waals surface area contributed by atoms with Crippen molar-refractivity contribution in [1.82, 2.24) is 5.32 Å². The van der Waals surface area contributed by atoms with Gasteiger partial charge in [-0.3, -0.25) is 0 Å². The van der Waals surface area contributed by atoms with Gasteiger partial charge < -0.3 is 10.1 Å². The molecule has 3 nitrogen and oxygen atoms in total. The molecule has 110 valence electrons. The Labute approximate surface area is 120 Å². The van der Waals surface area contributed by atoms with E-state index in [2.05, 4.69) is 18.3 Å². The second-order valence-electron chi connectivity index (χ2n) is 4.82. The molecule has 1 aromatic rings. The lowest BCUT2D eigenvalue weighted by Crippen LogP contribution is -2.20. The molecule has 0 aliphatic heterocycles. The van der Waals surface area contributed by atoms with Gasteiger partial charge in [-0.25, -0.2) is 4.39 Å². The molecular weight excluding hydrogens is 255 g/mol. The molecule has 0 saturated carbocycles. The summed E-state index contributed by atoms with van der Waals surface area (Å²) < 4.78 is 19.1. The molecule has 0 aliphatic rings. The van der Waals surface area contributed by atoms with Crippen LogP contribution in [-0.4, -0.2) is 13.2 Å². The zero-order chi connectivity index (χ0) is 14.8. The van der Waals surface area contributed by atoms with Crippen molar-refractivity contribution in [2.75, 3.05) is 13.2 Å². The van der Waals surface area contributed by atoms with Gasteiger partial charge in [0.1, 0.15) is 11.6 Å². The Bertz CT molecular complexity index is 443. The molecule has 0 amide bonds. The number of nitrogens with zero attached hydrogens (tertiary/aromatic N) is 1. The molecule has 1 atom stereocenters. The number of rotatable bonds is 9. The van der Waals surface area contributed by atoms with E-state index in [1.54, 1.807) is 6.07 Å². The third-order valence-corrected chi connectivity index (χ3v) is 3.08. The first-order valence-electron chi connectivity index (χ1n) is 7.21. The fourth-order valence-electron chi connectivity index (χ4n) is 1.95. The smallest absolute Gasteiger partial charge is 0.124 e. The lowest BCUT2D eigenvalue weighted by molar-refractivity contribution is 0.301. The molecule has 0 aliphatic carbocycles. The molecule has 0 spiro atoms. The number of halogens is 1. The highest BCUT2D eigenvalue weighted by atomic mass is 19.1. The minimum atomic E-state index is -0.248. The van der Waals surface area contributed by atoms with E-state index in [0.717, 1.165) is 37.1 Å². The summed E-state index contributed by atoms with van der Waals surface area (Å²) in [5.74, 6) is 0.474. The fourth-order valence-corrected chi connectivity index (χ4v) is 1.95. The van der Waals surface area contributed by atoms with Crippen LogP contribution in [0.4, 0.5) is 4.39 Å². The van der Waals surface area contributed by atoms with Gasteiger partial charge in [-0.15, -0.1) is 0 Å². The van der Waals surface area contributed by atoms with Crippen LogP contribution in [0.3, 0.4) is 0 Å². The molecule has 0 aromatic heterocycles. The second-order valence-corrected chi connectivity index (χ2v) is 4.82. The van der Waals surface area contributed by atoms with Gasteiger partial charge in [-0.1, -0.05) is 6.92 Å². The van der Waals surface area contributed by atoms with E-state index in [9.17, 15) is 4.39 Å². The molecular formula is C16H23FN2O. The third kappa shape index (κ3) is 5.58. The van der Waals surface area contributed by atoms with Gasteiger partial charge in [-0.05, 0) is 50.9 Å². The second kappa shape index (κ2) is 9.33. The van der Waals surface area contributed by atoms with E-state index < -0.39 is 0 Å². The maximum absolute atomic E-state index is 13.4. The summed E-state index contributed by atoms with van der Waals surface area (Å²) in [6, 6.07) is 6.79. The predicted octanol–water partition coefficient (Wildman–Crippen LogP) is 3.96. The molecule has 0 saturated heterocycles. The Morgan fingerprint density at radius 3 is 2.90 bits per heavy atom. The molecule has 4 heteroatoms. The van der Waals surface area contributed by atoms with Crippen LogP contribution in [0.1, 0.15) is 51.1 Å². The standard InChI is InChI=1S/C16H23FN2O/c1-3-10-19-13(2)15-12-14(17)7-8-16(15)20-11-6-4-5-9-18/h7-8,12-13,19H,3-6,10-11H2,1-2H3. The van der Waals surface area contributed by atoms with E-state index in [1.165, 1.54) is 12.1 Å². The van der Waals surface area contributed by atoms with Gasteiger partial charge in [-0.2, -0.15) is 5.26 Å². The van der Waals surface area contributed by atoms with Gasteiger partial charge in [0.25, 0.3) is 0 Å². The first-order chi connectivity index (χ1) is 9.69. The molecule has 1 rings (SSSR count). The number of hydrogen-bond acceptors (Lipinski definition) is 3. The number of unbranched alkanes of at least 4 members (excludes halogenated alkanes) is 2. The topological polar surface area (TPSA) is 45.0 Å². The average molecular weight is 278 g/mol. The number of ether oxygens (including phenoxy) is 1. The van der Waals surface area contributed by atoms with Gasteiger partial charge >= 0.3 is 0 Å². The Kier molecular flexibility index (Phi) is 7.67. The minimum Gasteiger partial charge on any atom is -0.493 e. The van der Waals surface area contributed by atoms with E-state index >= 15 is 0 Å². The average Bonchev–Trinajstić information content (AvgIpc) is 2.45. The summed E-state index contributed by atoms with van der Waals surface area (Å²) in [5, 5.41) is 11.8. The largest absolute Gasteiger partial charge is 0.493 e. The number of nitrogens with one attached hydrogen (secondary N) is 1. The van der Waals surface area contributed by atoms with Crippen molar-refractivity contribution in [2.24, 2.45) is 0 Å². The molecule has 1 aromatic carbocycles. The Balaban J connectivity index is 2.62. The lowest BCUT2D eigenvalue weighted by Gasteiger charge is -2.18. The van der Waals surface area contributed by atoms with Crippen LogP contribution in [0.2, 0.25) is 0 Å². The maximum atomic E-state index is 13.4. The molecule has 0 heterocycles. The number of nitriles is 1. The lowest BCUT2D eigenvalue weighted by atomic mass is 10.1. The van der Waals surface area contributed by atoms with Crippen molar-refractivity contribution in [2.45, 2.75) is 45.6 Å². The molecule has 0 radical (unpaired) electrons. The van der Waals surface area contributed by atoms with Crippen molar-refractivity contribution in [3.63, 3.8) is 0 Å². The summed E-state index contributed by atoms with van der Waals surface area (Å²) in [5.41, 5.74) is 0.846. The molecule has 0 fully saturated rings. The first kappa shape index (κ1) is 16.5. The van der Waals surface area contributed by atoms with Gasteiger partial charge in [0, 0.05) is 18.0 Å². The van der Waals surface area contributed by atoms with Crippen molar-refractivity contribution >= 4 is 0 Å². The van der Waals surface area contributed by atoms with Crippen LogP contribution in [0.25, 0.3) is 0 Å². The normalized spacial score (nSPS) is 11.9. The fraction of sp³-hybridized carbons (Fsp3) is 0.562. The summed E-state index contributed by atoms with van der Waals surface area (Å²) in [6.45, 7) is 5.55. The van der Waals surface area contributed by atoms with Crippen LogP contribution in [0.5, 0.6) is 5.75 Å². The van der Waals surface area contributed by atoms with E-state index in [0.29, 0.717) is 13.0 Å². The number of hydrogen-bond donors (Lipinski definition) is 1. The quantitative estimate of drug-likeness (QED) is 0.695. The summed E-state index contributed by atoms with van der Waals surface area (Å²) in [7, 11) is 0. The number of benzene rings is 1. The van der Waals surface area contributed by atoms with Gasteiger partial charge in [0.15, 0.2) is 0 Å². The summed E-state index contributed by atoms with van der Waals surface area (Å²) in [4.78, 5) is 0. The van der Waals surface area contributed by atoms with Crippen molar-refractivity contribution < 1.29 is 9.13 Å². The molecule has 20 heavy (non-hydrogen) atoms. The Hall–Kier alpha value is -1.60. The SMILES string of the molecule is CCCNC(C)c1cc(F)ccc1OCCCCC#N. The van der Waals surface area contributed by atoms with Gasteiger partial charge in [0.2, 0.25) is 0 Å². The molecule has 1 N–H and O–H groups in total. The Morgan fingerprint density at radius 1 is 1.40 bits per heavy atom. The highest BCUT2D eigenvalue weighted by Gasteiger charge is 2.12. The van der Waals surface area contributed by atoms with E-state index in [-0.39, 0.29) is 11.9 Å². The highest BCUT2D eigenvalue weighted by Crippen LogP contribution is 2.26. The maximum Gasteiger partial charge on any atom is 0.124 e. The zero-order valence-electron chi connectivity index (χ0n) is 12.3. The van der Waals surface area contributed by atoms with Crippen LogP contribution >= 0.6 is 0 Å². The molecule has 0 bridgehead atoms. The monoisotopic (exact) mass is 278 g/mol. The van der Waals surface area contributed by atoms with Crippen LogP contribution < -0.4 is 10.1 Å². The van der Waals surface area contributed by atoms with Crippen LogP contribution in [0, 0.1) is 17.1 Å². The summed E-state index contributed by atoms with van der Waals surface area (Å²) in [6.07, 6.45) is 3.25. The first-order valence-corrected chi connectivity index (χ1v) is 7.21. The zero-order valence-corrected chi connectivity index (χ0v) is 12.3. The summed E-state index contributed by atoms with van der Waals surface area (Å²) >= 11 is 0. The van der Waals surface area contributed by atoms with Crippen LogP contribution in [0.15, 0.2) is 18.2 Å². The van der Waals surface area contributed by atoms with Crippen molar-refractivity contribution in [1.29, 1.82) is 5.26 Å². The predicted molar refractivity (Wildman–Crippen MR) is 78.1 cm³/mol. The Morgan fingerprint density at radius 2 is 2.20 bits per heavy atom. The van der Waals surface area contributed by atoms with E-state index in [1.807, 2.05) is 6.92 Å². The highest BCUT2D eigenvalue weighted by molar-refractivity contribution is 5.36. The van der Waals surface area contributed by atoms with Crippen LogP contribution in [-0.2, 0) is 0 Å². The molecule has 1 unspecified atom stereocenters. The minimum absolute atomic E-state index is 0.0553. The van der Waals surface area contributed by atoms with Gasteiger partial charge in [0.05, 0.1) is 12.7 Å².